The van der Waals surface area contributed by atoms with Gasteiger partial charge in [-0.05, 0) is 40.2 Å². The number of anilines is 1. The summed E-state index contributed by atoms with van der Waals surface area (Å²) in [5.41, 5.74) is 0.550. The van der Waals surface area contributed by atoms with E-state index in [2.05, 4.69) is 31.0 Å². The van der Waals surface area contributed by atoms with E-state index < -0.39 is 12.5 Å². The maximum absolute atomic E-state index is 12.1. The molecule has 0 bridgehead atoms. The first-order chi connectivity index (χ1) is 9.54. The van der Waals surface area contributed by atoms with E-state index in [0.717, 1.165) is 0 Å². The van der Waals surface area contributed by atoms with E-state index in [4.69, 9.17) is 0 Å². The molecule has 0 aliphatic heterocycles. The number of carbonyl (C=O) groups excluding carboxylic acids is 1. The molecule has 1 heterocycles. The highest BCUT2D eigenvalue weighted by molar-refractivity contribution is 9.10. The number of rotatable bonds is 4. The van der Waals surface area contributed by atoms with Crippen LogP contribution in [0.3, 0.4) is 0 Å². The molecule has 0 aliphatic carbocycles. The number of ether oxygens (including phenoxy) is 1. The SMILES string of the molecule is O=C(Nc1cccc(OC(F)F)c1)c1cccc(Br)n1. The highest BCUT2D eigenvalue weighted by atomic mass is 79.9. The molecule has 1 aromatic carbocycles. The first kappa shape index (κ1) is 14.4. The van der Waals surface area contributed by atoms with Crippen LogP contribution in [-0.2, 0) is 0 Å². The van der Waals surface area contributed by atoms with Crippen molar-refractivity contribution in [2.24, 2.45) is 0 Å². The van der Waals surface area contributed by atoms with Crippen molar-refractivity contribution in [1.29, 1.82) is 0 Å². The van der Waals surface area contributed by atoms with Gasteiger partial charge in [0.25, 0.3) is 5.91 Å². The van der Waals surface area contributed by atoms with Gasteiger partial charge in [-0.15, -0.1) is 0 Å². The first-order valence-corrected chi connectivity index (χ1v) is 6.32. The minimum Gasteiger partial charge on any atom is -0.435 e. The number of nitrogens with one attached hydrogen (secondary N) is 1. The zero-order valence-corrected chi connectivity index (χ0v) is 11.6. The lowest BCUT2D eigenvalue weighted by Crippen LogP contribution is -2.13. The van der Waals surface area contributed by atoms with E-state index in [1.807, 2.05) is 0 Å². The average molecular weight is 343 g/mol. The molecular formula is C13H9BrF2N2O2. The molecule has 0 unspecified atom stereocenters. The summed E-state index contributed by atoms with van der Waals surface area (Å²) in [4.78, 5) is 15.9. The van der Waals surface area contributed by atoms with Gasteiger partial charge in [0.15, 0.2) is 0 Å². The number of pyridine rings is 1. The number of alkyl halides is 2. The van der Waals surface area contributed by atoms with E-state index in [0.29, 0.717) is 10.3 Å². The van der Waals surface area contributed by atoms with Crippen LogP contribution in [0.2, 0.25) is 0 Å². The lowest BCUT2D eigenvalue weighted by molar-refractivity contribution is -0.0497. The van der Waals surface area contributed by atoms with Crippen LogP contribution in [0.1, 0.15) is 10.5 Å². The largest absolute Gasteiger partial charge is 0.435 e. The van der Waals surface area contributed by atoms with Crippen LogP contribution in [-0.4, -0.2) is 17.5 Å². The minimum absolute atomic E-state index is 0.0278. The number of carbonyl (C=O) groups is 1. The number of halogens is 3. The fourth-order valence-corrected chi connectivity index (χ4v) is 1.82. The Morgan fingerprint density at radius 3 is 2.70 bits per heavy atom. The number of benzene rings is 1. The Bertz CT molecular complexity index is 623. The van der Waals surface area contributed by atoms with E-state index in [1.54, 1.807) is 24.3 Å². The summed E-state index contributed by atoms with van der Waals surface area (Å²) in [6.07, 6.45) is 0. The second-order valence-corrected chi connectivity index (χ2v) is 4.52. The molecule has 1 N–H and O–H groups in total. The normalized spacial score (nSPS) is 10.4. The van der Waals surface area contributed by atoms with Crippen molar-refractivity contribution in [2.45, 2.75) is 6.61 Å². The van der Waals surface area contributed by atoms with Gasteiger partial charge in [-0.2, -0.15) is 8.78 Å². The maximum Gasteiger partial charge on any atom is 0.387 e. The van der Waals surface area contributed by atoms with Crippen LogP contribution in [0.4, 0.5) is 14.5 Å². The zero-order valence-electron chi connectivity index (χ0n) is 10.0. The average Bonchev–Trinajstić information content (AvgIpc) is 2.38. The van der Waals surface area contributed by atoms with Crippen molar-refractivity contribution in [2.75, 3.05) is 5.32 Å². The molecule has 1 aromatic heterocycles. The Hall–Kier alpha value is -2.02. The van der Waals surface area contributed by atoms with E-state index in [1.165, 1.54) is 18.2 Å². The smallest absolute Gasteiger partial charge is 0.387 e. The number of nitrogens with zero attached hydrogens (tertiary/aromatic N) is 1. The van der Waals surface area contributed by atoms with Crippen molar-refractivity contribution in [3.8, 4) is 5.75 Å². The Kier molecular flexibility index (Phi) is 4.62. The summed E-state index contributed by atoms with van der Waals surface area (Å²) in [5, 5.41) is 2.55. The summed E-state index contributed by atoms with van der Waals surface area (Å²) in [6.45, 7) is -2.91. The number of hydrogen-bond donors (Lipinski definition) is 1. The van der Waals surface area contributed by atoms with Gasteiger partial charge < -0.3 is 10.1 Å². The third-order valence-electron chi connectivity index (χ3n) is 2.26. The molecule has 2 aromatic rings. The lowest BCUT2D eigenvalue weighted by atomic mass is 10.3. The van der Waals surface area contributed by atoms with Crippen LogP contribution in [0.5, 0.6) is 5.75 Å². The zero-order chi connectivity index (χ0) is 14.5. The van der Waals surface area contributed by atoms with Crippen molar-refractivity contribution in [3.05, 3.63) is 52.8 Å². The van der Waals surface area contributed by atoms with Crippen LogP contribution in [0.15, 0.2) is 47.1 Å². The minimum atomic E-state index is -2.91. The van der Waals surface area contributed by atoms with Gasteiger partial charge in [0.05, 0.1) is 0 Å². The number of aromatic nitrogens is 1. The summed E-state index contributed by atoms with van der Waals surface area (Å²) in [6, 6.07) is 10.6. The molecule has 1 amide bonds. The van der Waals surface area contributed by atoms with Gasteiger partial charge in [-0.3, -0.25) is 4.79 Å². The van der Waals surface area contributed by atoms with Gasteiger partial charge in [0, 0.05) is 11.8 Å². The lowest BCUT2D eigenvalue weighted by Gasteiger charge is -2.08. The second kappa shape index (κ2) is 6.42. The predicted molar refractivity (Wildman–Crippen MR) is 73.0 cm³/mol. The Morgan fingerprint density at radius 1 is 1.25 bits per heavy atom. The molecule has 0 radical (unpaired) electrons. The summed E-state index contributed by atoms with van der Waals surface area (Å²) >= 11 is 3.16. The third-order valence-corrected chi connectivity index (χ3v) is 2.71. The molecule has 0 aliphatic rings. The Labute approximate surface area is 121 Å². The van der Waals surface area contributed by atoms with E-state index in [-0.39, 0.29) is 11.4 Å². The van der Waals surface area contributed by atoms with Gasteiger partial charge in [-0.25, -0.2) is 4.98 Å². The van der Waals surface area contributed by atoms with Gasteiger partial charge in [0.1, 0.15) is 16.0 Å². The maximum atomic E-state index is 12.1. The highest BCUT2D eigenvalue weighted by Crippen LogP contribution is 2.19. The van der Waals surface area contributed by atoms with Crippen molar-refractivity contribution >= 4 is 27.5 Å². The molecule has 0 fully saturated rings. The molecule has 0 atom stereocenters. The second-order valence-electron chi connectivity index (χ2n) is 3.71. The molecule has 104 valence electrons. The van der Waals surface area contributed by atoms with Crippen LogP contribution >= 0.6 is 15.9 Å². The topological polar surface area (TPSA) is 51.2 Å². The summed E-state index contributed by atoms with van der Waals surface area (Å²) in [7, 11) is 0. The quantitative estimate of drug-likeness (QED) is 0.862. The molecule has 20 heavy (non-hydrogen) atoms. The van der Waals surface area contributed by atoms with Crippen molar-refractivity contribution < 1.29 is 18.3 Å². The van der Waals surface area contributed by atoms with Crippen molar-refractivity contribution in [1.82, 2.24) is 4.98 Å². The van der Waals surface area contributed by atoms with Gasteiger partial charge in [-0.1, -0.05) is 12.1 Å². The number of amides is 1. The molecule has 4 nitrogen and oxygen atoms in total. The van der Waals surface area contributed by atoms with Crippen LogP contribution in [0.25, 0.3) is 0 Å². The summed E-state index contributed by atoms with van der Waals surface area (Å²) in [5.74, 6) is -0.472. The highest BCUT2D eigenvalue weighted by Gasteiger charge is 2.09. The van der Waals surface area contributed by atoms with E-state index >= 15 is 0 Å². The first-order valence-electron chi connectivity index (χ1n) is 5.53. The Morgan fingerprint density at radius 2 is 2.00 bits per heavy atom. The predicted octanol–water partition coefficient (Wildman–Crippen LogP) is 3.70. The fourth-order valence-electron chi connectivity index (χ4n) is 1.48. The molecule has 0 spiro atoms. The number of hydrogen-bond acceptors (Lipinski definition) is 3. The molecule has 0 saturated heterocycles. The van der Waals surface area contributed by atoms with Gasteiger partial charge >= 0.3 is 6.61 Å². The fraction of sp³-hybridized carbons (Fsp3) is 0.0769. The van der Waals surface area contributed by atoms with Crippen LogP contribution in [0, 0.1) is 0 Å². The standard InChI is InChI=1S/C13H9BrF2N2O2/c14-11-6-2-5-10(18-11)12(19)17-8-3-1-4-9(7-8)20-13(15)16/h1-7,13H,(H,17,19). The van der Waals surface area contributed by atoms with Gasteiger partial charge in [0.2, 0.25) is 0 Å². The van der Waals surface area contributed by atoms with Crippen LogP contribution < -0.4 is 10.1 Å². The van der Waals surface area contributed by atoms with E-state index in [9.17, 15) is 13.6 Å². The third kappa shape index (κ3) is 3.99. The van der Waals surface area contributed by atoms with Crippen molar-refractivity contribution in [3.63, 3.8) is 0 Å². The summed E-state index contributed by atoms with van der Waals surface area (Å²) < 4.78 is 29.0. The molecular weight excluding hydrogens is 334 g/mol. The molecule has 2 rings (SSSR count). The Balaban J connectivity index is 2.11. The molecule has 0 saturated carbocycles. The monoisotopic (exact) mass is 342 g/mol. The molecule has 7 heteroatoms.